The Bertz CT molecular complexity index is 342. The fourth-order valence-electron chi connectivity index (χ4n) is 1.57. The second kappa shape index (κ2) is 5.50. The van der Waals surface area contributed by atoms with Crippen LogP contribution in [0.15, 0.2) is 18.2 Å². The van der Waals surface area contributed by atoms with E-state index < -0.39 is 8.07 Å². The van der Waals surface area contributed by atoms with Crippen molar-refractivity contribution in [2.45, 2.75) is 33.2 Å². The van der Waals surface area contributed by atoms with Gasteiger partial charge < -0.3 is 9.47 Å². The summed E-state index contributed by atoms with van der Waals surface area (Å²) in [6.45, 7) is 10.4. The minimum atomic E-state index is -1.25. The lowest BCUT2D eigenvalue weighted by molar-refractivity contribution is 0.132. The van der Waals surface area contributed by atoms with Crippen LogP contribution in [-0.2, 0) is 11.3 Å². The van der Waals surface area contributed by atoms with Crippen molar-refractivity contribution >= 4 is 13.3 Å². The summed E-state index contributed by atoms with van der Waals surface area (Å²) < 4.78 is 10.8. The molecule has 16 heavy (non-hydrogen) atoms. The van der Waals surface area contributed by atoms with Crippen molar-refractivity contribution in [3.63, 3.8) is 0 Å². The van der Waals surface area contributed by atoms with Crippen LogP contribution in [0.2, 0.25) is 19.6 Å². The van der Waals surface area contributed by atoms with E-state index in [2.05, 4.69) is 37.8 Å². The highest BCUT2D eigenvalue weighted by molar-refractivity contribution is 6.88. The molecule has 0 radical (unpaired) electrons. The van der Waals surface area contributed by atoms with Crippen LogP contribution in [0.4, 0.5) is 0 Å². The first-order chi connectivity index (χ1) is 7.49. The van der Waals surface area contributed by atoms with E-state index in [0.29, 0.717) is 6.61 Å². The predicted octanol–water partition coefficient (Wildman–Crippen LogP) is 2.78. The Morgan fingerprint density at radius 1 is 1.19 bits per heavy atom. The van der Waals surface area contributed by atoms with Gasteiger partial charge in [0, 0.05) is 12.2 Å². The van der Waals surface area contributed by atoms with Gasteiger partial charge in [-0.2, -0.15) is 0 Å². The molecule has 0 atom stereocenters. The van der Waals surface area contributed by atoms with Crippen molar-refractivity contribution < 1.29 is 9.47 Å². The SMILES string of the molecule is CCOCc1cc([Si](C)(C)C)ccc1OC. The first-order valence-electron chi connectivity index (χ1n) is 5.74. The summed E-state index contributed by atoms with van der Waals surface area (Å²) in [7, 11) is 0.457. The largest absolute Gasteiger partial charge is 0.496 e. The van der Waals surface area contributed by atoms with Gasteiger partial charge in [-0.1, -0.05) is 37.0 Å². The summed E-state index contributed by atoms with van der Waals surface area (Å²) in [5.41, 5.74) is 1.16. The lowest BCUT2D eigenvalue weighted by Crippen LogP contribution is -2.37. The fourth-order valence-corrected chi connectivity index (χ4v) is 2.76. The van der Waals surface area contributed by atoms with Gasteiger partial charge in [0.1, 0.15) is 5.75 Å². The van der Waals surface area contributed by atoms with Crippen molar-refractivity contribution in [1.82, 2.24) is 0 Å². The minimum Gasteiger partial charge on any atom is -0.496 e. The van der Waals surface area contributed by atoms with Gasteiger partial charge in [0.15, 0.2) is 0 Å². The molecule has 0 amide bonds. The smallest absolute Gasteiger partial charge is 0.124 e. The summed E-state index contributed by atoms with van der Waals surface area (Å²) in [5, 5.41) is 1.45. The summed E-state index contributed by atoms with van der Waals surface area (Å²) in [6, 6.07) is 6.48. The Labute approximate surface area is 99.6 Å². The van der Waals surface area contributed by atoms with Crippen LogP contribution in [0.1, 0.15) is 12.5 Å². The summed E-state index contributed by atoms with van der Waals surface area (Å²) in [4.78, 5) is 0. The Kier molecular flexibility index (Phi) is 4.56. The molecule has 0 aliphatic rings. The minimum absolute atomic E-state index is 0.637. The standard InChI is InChI=1S/C13H22O2Si/c1-6-15-10-11-9-12(16(3,4)5)7-8-13(11)14-2/h7-9H,6,10H2,1-5H3. The van der Waals surface area contributed by atoms with Gasteiger partial charge in [-0.05, 0) is 13.0 Å². The van der Waals surface area contributed by atoms with Gasteiger partial charge in [-0.15, -0.1) is 0 Å². The molecule has 0 bridgehead atoms. The van der Waals surface area contributed by atoms with Gasteiger partial charge >= 0.3 is 0 Å². The molecule has 0 aliphatic heterocycles. The van der Waals surface area contributed by atoms with Crippen LogP contribution in [-0.4, -0.2) is 21.8 Å². The van der Waals surface area contributed by atoms with E-state index in [1.165, 1.54) is 5.19 Å². The maximum absolute atomic E-state index is 5.47. The van der Waals surface area contributed by atoms with Crippen molar-refractivity contribution in [2.24, 2.45) is 0 Å². The molecule has 0 saturated carbocycles. The molecule has 3 heteroatoms. The van der Waals surface area contributed by atoms with Gasteiger partial charge in [0.2, 0.25) is 0 Å². The third kappa shape index (κ3) is 3.35. The van der Waals surface area contributed by atoms with Crippen LogP contribution in [0.5, 0.6) is 5.75 Å². The molecule has 1 aromatic carbocycles. The molecule has 90 valence electrons. The number of rotatable bonds is 5. The highest BCUT2D eigenvalue weighted by atomic mass is 28.3. The van der Waals surface area contributed by atoms with Crippen molar-refractivity contribution in [3.8, 4) is 5.75 Å². The molecule has 1 aromatic rings. The van der Waals surface area contributed by atoms with Gasteiger partial charge in [-0.25, -0.2) is 0 Å². The average molecular weight is 238 g/mol. The molecular formula is C13H22O2Si. The van der Waals surface area contributed by atoms with E-state index in [1.807, 2.05) is 6.92 Å². The van der Waals surface area contributed by atoms with Crippen LogP contribution in [0.25, 0.3) is 0 Å². The van der Waals surface area contributed by atoms with Crippen LogP contribution >= 0.6 is 0 Å². The first kappa shape index (κ1) is 13.3. The Balaban J connectivity index is 3.01. The first-order valence-corrected chi connectivity index (χ1v) is 9.24. The lowest BCUT2D eigenvalue weighted by Gasteiger charge is -2.19. The molecule has 1 rings (SSSR count). The topological polar surface area (TPSA) is 18.5 Å². The fraction of sp³-hybridized carbons (Fsp3) is 0.538. The molecule has 0 heterocycles. The molecule has 0 saturated heterocycles. The molecule has 0 unspecified atom stereocenters. The zero-order valence-corrected chi connectivity index (χ0v) is 12.0. The monoisotopic (exact) mass is 238 g/mol. The quantitative estimate of drug-likeness (QED) is 0.734. The van der Waals surface area contributed by atoms with E-state index in [0.717, 1.165) is 17.9 Å². The summed E-state index contributed by atoms with van der Waals surface area (Å²) in [5.74, 6) is 0.926. The van der Waals surface area contributed by atoms with Gasteiger partial charge in [-0.3, -0.25) is 0 Å². The third-order valence-corrected chi connectivity index (χ3v) is 4.65. The molecule has 0 aliphatic carbocycles. The van der Waals surface area contributed by atoms with Crippen LogP contribution < -0.4 is 9.92 Å². The maximum atomic E-state index is 5.47. The van der Waals surface area contributed by atoms with E-state index in [1.54, 1.807) is 7.11 Å². The molecule has 0 aromatic heterocycles. The molecule has 0 N–H and O–H groups in total. The lowest BCUT2D eigenvalue weighted by atomic mass is 10.2. The van der Waals surface area contributed by atoms with Crippen molar-refractivity contribution in [3.05, 3.63) is 23.8 Å². The highest BCUT2D eigenvalue weighted by Crippen LogP contribution is 2.19. The second-order valence-electron chi connectivity index (χ2n) is 4.91. The van der Waals surface area contributed by atoms with Crippen LogP contribution in [0, 0.1) is 0 Å². The molecular weight excluding hydrogens is 216 g/mol. The summed E-state index contributed by atoms with van der Waals surface area (Å²) in [6.07, 6.45) is 0. The van der Waals surface area contributed by atoms with Crippen molar-refractivity contribution in [2.75, 3.05) is 13.7 Å². The number of ether oxygens (including phenoxy) is 2. The maximum Gasteiger partial charge on any atom is 0.124 e. The Morgan fingerprint density at radius 3 is 2.38 bits per heavy atom. The van der Waals surface area contributed by atoms with Crippen molar-refractivity contribution in [1.29, 1.82) is 0 Å². The van der Waals surface area contributed by atoms with Crippen LogP contribution in [0.3, 0.4) is 0 Å². The molecule has 0 fully saturated rings. The van der Waals surface area contributed by atoms with E-state index in [-0.39, 0.29) is 0 Å². The summed E-state index contributed by atoms with van der Waals surface area (Å²) >= 11 is 0. The number of benzene rings is 1. The third-order valence-electron chi connectivity index (χ3n) is 2.61. The predicted molar refractivity (Wildman–Crippen MR) is 71.3 cm³/mol. The molecule has 2 nitrogen and oxygen atoms in total. The average Bonchev–Trinajstić information content (AvgIpc) is 2.24. The number of hydrogen-bond acceptors (Lipinski definition) is 2. The zero-order valence-electron chi connectivity index (χ0n) is 11.0. The van der Waals surface area contributed by atoms with Gasteiger partial charge in [0.25, 0.3) is 0 Å². The number of hydrogen-bond donors (Lipinski definition) is 0. The van der Waals surface area contributed by atoms with E-state index >= 15 is 0 Å². The Hall–Kier alpha value is -0.803. The van der Waals surface area contributed by atoms with E-state index in [4.69, 9.17) is 9.47 Å². The zero-order chi connectivity index (χ0) is 12.2. The normalized spacial score (nSPS) is 11.6. The number of methoxy groups -OCH3 is 1. The highest BCUT2D eigenvalue weighted by Gasteiger charge is 2.17. The molecule has 0 spiro atoms. The Morgan fingerprint density at radius 2 is 1.88 bits per heavy atom. The second-order valence-corrected chi connectivity index (χ2v) is 9.99. The van der Waals surface area contributed by atoms with E-state index in [9.17, 15) is 0 Å². The van der Waals surface area contributed by atoms with Gasteiger partial charge in [0.05, 0.1) is 21.8 Å².